The molecule has 0 bridgehead atoms. The number of carbonyl (C=O) groups excluding carboxylic acids is 1. The first-order chi connectivity index (χ1) is 18.7. The highest BCUT2D eigenvalue weighted by atomic mass is 19.4. The molecule has 39 heavy (non-hydrogen) atoms. The van der Waals surface area contributed by atoms with Gasteiger partial charge in [0.1, 0.15) is 29.1 Å². The fraction of sp³-hybridized carbons (Fsp3) is 0.367. The summed E-state index contributed by atoms with van der Waals surface area (Å²) in [6.45, 7) is 0.372. The van der Waals surface area contributed by atoms with Crippen molar-refractivity contribution in [2.45, 2.75) is 43.9 Å². The molecule has 0 saturated carbocycles. The van der Waals surface area contributed by atoms with Crippen LogP contribution in [0, 0.1) is 0 Å². The van der Waals surface area contributed by atoms with E-state index in [2.05, 4.69) is 0 Å². The van der Waals surface area contributed by atoms with E-state index >= 15 is 0 Å². The first kappa shape index (κ1) is 26.7. The minimum Gasteiger partial charge on any atom is -0.497 e. The highest BCUT2D eigenvalue weighted by molar-refractivity contribution is 5.71. The third kappa shape index (κ3) is 5.35. The zero-order valence-electron chi connectivity index (χ0n) is 21.9. The van der Waals surface area contributed by atoms with Crippen molar-refractivity contribution in [2.75, 3.05) is 27.9 Å². The monoisotopic (exact) mass is 542 g/mol. The smallest absolute Gasteiger partial charge is 0.416 e. The number of ether oxygens (including phenoxy) is 5. The average Bonchev–Trinajstić information content (AvgIpc) is 3.52. The number of halogens is 3. The van der Waals surface area contributed by atoms with Gasteiger partial charge in [-0.2, -0.15) is 13.2 Å². The molecule has 0 N–H and O–H groups in total. The maximum atomic E-state index is 14.1. The summed E-state index contributed by atoms with van der Waals surface area (Å²) in [6.07, 6.45) is -3.65. The summed E-state index contributed by atoms with van der Waals surface area (Å²) in [5.41, 5.74) is 2.47. The quantitative estimate of drug-likeness (QED) is 0.306. The second-order valence-corrected chi connectivity index (χ2v) is 9.64. The maximum Gasteiger partial charge on any atom is 0.416 e. The molecule has 3 aromatic carbocycles. The second-order valence-electron chi connectivity index (χ2n) is 9.64. The fourth-order valence-electron chi connectivity index (χ4n) is 5.49. The number of benzene rings is 3. The summed E-state index contributed by atoms with van der Waals surface area (Å²) in [6, 6.07) is 13.2. The Labute approximate surface area is 224 Å². The number of fused-ring (bicyclic) bond motifs is 2. The van der Waals surface area contributed by atoms with Crippen molar-refractivity contribution in [2.24, 2.45) is 0 Å². The largest absolute Gasteiger partial charge is 0.497 e. The molecular formula is C30H29F3O6. The minimum absolute atomic E-state index is 0.0410. The van der Waals surface area contributed by atoms with Crippen LogP contribution in [0.1, 0.15) is 58.2 Å². The van der Waals surface area contributed by atoms with E-state index in [4.69, 9.17) is 23.7 Å². The van der Waals surface area contributed by atoms with Crippen LogP contribution < -0.4 is 18.9 Å². The van der Waals surface area contributed by atoms with E-state index in [1.807, 2.05) is 12.1 Å². The van der Waals surface area contributed by atoms with Crippen molar-refractivity contribution < 1.29 is 41.7 Å². The van der Waals surface area contributed by atoms with E-state index in [-0.39, 0.29) is 30.3 Å². The van der Waals surface area contributed by atoms with Crippen molar-refractivity contribution in [3.05, 3.63) is 81.9 Å². The van der Waals surface area contributed by atoms with Crippen LogP contribution in [0.15, 0.2) is 48.5 Å². The third-order valence-corrected chi connectivity index (χ3v) is 7.41. The van der Waals surface area contributed by atoms with Crippen LogP contribution in [0.25, 0.3) is 0 Å². The lowest BCUT2D eigenvalue weighted by molar-refractivity contribution is -0.141. The first-order valence-corrected chi connectivity index (χ1v) is 12.6. The van der Waals surface area contributed by atoms with Gasteiger partial charge in [-0.15, -0.1) is 0 Å². The summed E-state index contributed by atoms with van der Waals surface area (Å²) in [5, 5.41) is 0. The molecule has 0 saturated heterocycles. The van der Waals surface area contributed by atoms with Crippen molar-refractivity contribution in [1.29, 1.82) is 0 Å². The molecular weight excluding hydrogens is 513 g/mol. The molecule has 0 aromatic heterocycles. The number of hydrogen-bond donors (Lipinski definition) is 0. The number of rotatable bonds is 8. The Bertz CT molecular complexity index is 1380. The van der Waals surface area contributed by atoms with Crippen LogP contribution in [0.5, 0.6) is 23.0 Å². The molecule has 0 amide bonds. The van der Waals surface area contributed by atoms with Crippen LogP contribution in [0.2, 0.25) is 0 Å². The Hall–Kier alpha value is -3.88. The highest BCUT2D eigenvalue weighted by Gasteiger charge is 2.38. The lowest BCUT2D eigenvalue weighted by Gasteiger charge is -2.20. The van der Waals surface area contributed by atoms with Crippen molar-refractivity contribution in [3.8, 4) is 23.0 Å². The molecule has 2 atom stereocenters. The van der Waals surface area contributed by atoms with Gasteiger partial charge in [-0.05, 0) is 59.9 Å². The summed E-state index contributed by atoms with van der Waals surface area (Å²) in [5.74, 6) is 1.83. The van der Waals surface area contributed by atoms with Crippen molar-refractivity contribution in [3.63, 3.8) is 0 Å². The summed E-state index contributed by atoms with van der Waals surface area (Å²) in [7, 11) is 4.36. The Kier molecular flexibility index (Phi) is 7.34. The predicted molar refractivity (Wildman–Crippen MR) is 137 cm³/mol. The van der Waals surface area contributed by atoms with E-state index in [0.717, 1.165) is 17.2 Å². The normalized spacial score (nSPS) is 17.7. The van der Waals surface area contributed by atoms with Gasteiger partial charge in [0.15, 0.2) is 0 Å². The molecule has 0 fully saturated rings. The number of hydrogen-bond acceptors (Lipinski definition) is 6. The summed E-state index contributed by atoms with van der Waals surface area (Å²) >= 11 is 0. The topological polar surface area (TPSA) is 63.2 Å². The number of carbonyl (C=O) groups is 1. The maximum absolute atomic E-state index is 14.1. The molecule has 3 aromatic rings. The van der Waals surface area contributed by atoms with Crippen LogP contribution in [-0.2, 0) is 28.5 Å². The van der Waals surface area contributed by atoms with Crippen LogP contribution >= 0.6 is 0 Å². The van der Waals surface area contributed by atoms with E-state index in [1.165, 1.54) is 27.4 Å². The lowest BCUT2D eigenvalue weighted by atomic mass is 9.91. The van der Waals surface area contributed by atoms with Gasteiger partial charge in [0.25, 0.3) is 0 Å². The zero-order valence-corrected chi connectivity index (χ0v) is 21.9. The molecule has 1 heterocycles. The Morgan fingerprint density at radius 2 is 1.74 bits per heavy atom. The van der Waals surface area contributed by atoms with Gasteiger partial charge < -0.3 is 23.7 Å². The molecule has 0 radical (unpaired) electrons. The molecule has 6 nitrogen and oxygen atoms in total. The van der Waals surface area contributed by atoms with Gasteiger partial charge in [0.05, 0.1) is 39.9 Å². The summed E-state index contributed by atoms with van der Waals surface area (Å²) < 4.78 is 69.9. The molecule has 9 heteroatoms. The minimum atomic E-state index is -4.51. The Morgan fingerprint density at radius 1 is 0.974 bits per heavy atom. The standard InChI is InChI=1S/C30H29F3O6/c1-35-19-5-10-26(36-2)17(12-19)13-24-22-8-11-27(23(22)7-9-25(24)30(31,32)33)39-20-4-6-21-18(14-29(34)37-3)16-38-28(21)15-20/h4-7,9-10,12,15,18,27H,8,11,13-14,16H2,1-3H3. The molecule has 2 aliphatic rings. The molecule has 1 aliphatic carbocycles. The van der Waals surface area contributed by atoms with E-state index in [1.54, 1.807) is 24.3 Å². The molecule has 206 valence electrons. The number of methoxy groups -OCH3 is 3. The van der Waals surface area contributed by atoms with Gasteiger partial charge in [-0.25, -0.2) is 0 Å². The van der Waals surface area contributed by atoms with E-state index in [9.17, 15) is 18.0 Å². The van der Waals surface area contributed by atoms with Crippen LogP contribution in [0.4, 0.5) is 13.2 Å². The fourth-order valence-corrected chi connectivity index (χ4v) is 5.49. The SMILES string of the molecule is COC(=O)CC1COc2cc(OC3CCc4c3ccc(C(F)(F)F)c4Cc3cc(OC)ccc3OC)ccc21. The van der Waals surface area contributed by atoms with Gasteiger partial charge in [0, 0.05) is 29.5 Å². The molecule has 5 rings (SSSR count). The third-order valence-electron chi connectivity index (χ3n) is 7.41. The molecule has 0 spiro atoms. The number of alkyl halides is 3. The lowest BCUT2D eigenvalue weighted by Crippen LogP contribution is -2.13. The van der Waals surface area contributed by atoms with Crippen molar-refractivity contribution in [1.82, 2.24) is 0 Å². The van der Waals surface area contributed by atoms with Gasteiger partial charge in [0.2, 0.25) is 0 Å². The van der Waals surface area contributed by atoms with E-state index in [0.29, 0.717) is 53.6 Å². The second kappa shape index (κ2) is 10.7. The summed E-state index contributed by atoms with van der Waals surface area (Å²) in [4.78, 5) is 11.7. The number of esters is 1. The Balaban J connectivity index is 1.44. The van der Waals surface area contributed by atoms with Gasteiger partial charge in [-0.3, -0.25) is 4.79 Å². The predicted octanol–water partition coefficient (Wildman–Crippen LogP) is 6.42. The zero-order chi connectivity index (χ0) is 27.7. The molecule has 1 aliphatic heterocycles. The van der Waals surface area contributed by atoms with Crippen molar-refractivity contribution >= 4 is 5.97 Å². The van der Waals surface area contributed by atoms with Crippen LogP contribution in [-0.4, -0.2) is 33.9 Å². The van der Waals surface area contributed by atoms with E-state index < -0.39 is 17.8 Å². The van der Waals surface area contributed by atoms with Crippen LogP contribution in [0.3, 0.4) is 0 Å². The Morgan fingerprint density at radius 3 is 2.46 bits per heavy atom. The van der Waals surface area contributed by atoms with Gasteiger partial charge in [-0.1, -0.05) is 12.1 Å². The highest BCUT2D eigenvalue weighted by Crippen LogP contribution is 2.45. The average molecular weight is 543 g/mol. The van der Waals surface area contributed by atoms with Gasteiger partial charge >= 0.3 is 12.1 Å². The first-order valence-electron chi connectivity index (χ1n) is 12.6. The molecule has 2 unspecified atom stereocenters.